The van der Waals surface area contributed by atoms with Crippen LogP contribution in [0.1, 0.15) is 12.2 Å². The average Bonchev–Trinajstić information content (AvgIpc) is 2.87. The van der Waals surface area contributed by atoms with E-state index in [2.05, 4.69) is 15.0 Å². The van der Waals surface area contributed by atoms with E-state index in [1.165, 1.54) is 24.2 Å². The van der Waals surface area contributed by atoms with E-state index in [0.717, 1.165) is 0 Å². The lowest BCUT2D eigenvalue weighted by Crippen LogP contribution is -2.03. The van der Waals surface area contributed by atoms with E-state index in [4.69, 9.17) is 4.74 Å². The van der Waals surface area contributed by atoms with Crippen molar-refractivity contribution in [3.8, 4) is 11.6 Å². The molecule has 0 spiro atoms. The minimum absolute atomic E-state index is 0.339. The molecule has 7 heteroatoms. The summed E-state index contributed by atoms with van der Waals surface area (Å²) < 4.78 is 32.9. The van der Waals surface area contributed by atoms with Crippen LogP contribution in [0.2, 0.25) is 0 Å². The molecule has 0 saturated heterocycles. The summed E-state index contributed by atoms with van der Waals surface area (Å²) in [6.07, 6.45) is 0.0715. The van der Waals surface area contributed by atoms with Gasteiger partial charge < -0.3 is 4.74 Å². The van der Waals surface area contributed by atoms with E-state index in [-0.39, 0.29) is 5.82 Å². The average molecular weight is 276 g/mol. The van der Waals surface area contributed by atoms with Crippen molar-refractivity contribution in [1.82, 2.24) is 19.5 Å². The minimum atomic E-state index is -2.72. The fraction of sp³-hybridized carbons (Fsp3) is 0.154. The highest BCUT2D eigenvalue weighted by atomic mass is 19.3. The molecule has 3 aromatic rings. The van der Waals surface area contributed by atoms with Crippen molar-refractivity contribution in [2.75, 3.05) is 7.11 Å². The highest BCUT2D eigenvalue weighted by Crippen LogP contribution is 2.31. The van der Waals surface area contributed by atoms with Crippen molar-refractivity contribution < 1.29 is 13.5 Å². The normalized spacial score (nSPS) is 11.2. The summed E-state index contributed by atoms with van der Waals surface area (Å²) in [5.74, 6) is 0.409. The van der Waals surface area contributed by atoms with Crippen LogP contribution in [-0.4, -0.2) is 26.6 Å². The molecule has 0 aliphatic carbocycles. The summed E-state index contributed by atoms with van der Waals surface area (Å²) in [7, 11) is 1.47. The number of imidazole rings is 1. The van der Waals surface area contributed by atoms with E-state index in [0.29, 0.717) is 22.6 Å². The lowest BCUT2D eigenvalue weighted by molar-refractivity contribution is 0.139. The van der Waals surface area contributed by atoms with Gasteiger partial charge in [0.1, 0.15) is 23.4 Å². The van der Waals surface area contributed by atoms with E-state index in [1.807, 2.05) is 0 Å². The van der Waals surface area contributed by atoms with Crippen molar-refractivity contribution in [3.05, 3.63) is 42.6 Å². The number of para-hydroxylation sites is 1. The van der Waals surface area contributed by atoms with Crippen LogP contribution >= 0.6 is 0 Å². The zero-order valence-electron chi connectivity index (χ0n) is 10.5. The zero-order valence-corrected chi connectivity index (χ0v) is 10.5. The Morgan fingerprint density at radius 2 is 2.10 bits per heavy atom. The molecule has 5 nitrogen and oxygen atoms in total. The standard InChI is InChI=1S/C13H10F2N4O/c1-20-9-4-2-3-8-11(9)18-13(12(14)15)19(8)10-5-6-16-7-17-10/h2-7,12H,1H3. The highest BCUT2D eigenvalue weighted by Gasteiger charge is 2.22. The van der Waals surface area contributed by atoms with Crippen molar-refractivity contribution in [2.24, 2.45) is 0 Å². The Kier molecular flexibility index (Phi) is 3.02. The van der Waals surface area contributed by atoms with Gasteiger partial charge in [-0.25, -0.2) is 23.7 Å². The number of aromatic nitrogens is 4. The van der Waals surface area contributed by atoms with Crippen LogP contribution in [0.25, 0.3) is 16.9 Å². The Labute approximate surface area is 112 Å². The number of hydrogen-bond donors (Lipinski definition) is 0. The highest BCUT2D eigenvalue weighted by molar-refractivity contribution is 5.84. The smallest absolute Gasteiger partial charge is 0.296 e. The van der Waals surface area contributed by atoms with Crippen molar-refractivity contribution in [2.45, 2.75) is 6.43 Å². The van der Waals surface area contributed by atoms with Crippen LogP contribution in [0, 0.1) is 0 Å². The Morgan fingerprint density at radius 1 is 1.25 bits per heavy atom. The van der Waals surface area contributed by atoms with Gasteiger partial charge in [-0.2, -0.15) is 0 Å². The molecule has 0 aliphatic rings. The molecule has 2 aromatic heterocycles. The third-order valence-electron chi connectivity index (χ3n) is 2.88. The molecule has 0 aliphatic heterocycles. The maximum atomic E-state index is 13.2. The first-order chi connectivity index (χ1) is 9.72. The molecule has 0 radical (unpaired) electrons. The maximum Gasteiger partial charge on any atom is 0.296 e. The van der Waals surface area contributed by atoms with Gasteiger partial charge in [0.15, 0.2) is 5.82 Å². The number of hydrogen-bond acceptors (Lipinski definition) is 4. The first kappa shape index (κ1) is 12.5. The van der Waals surface area contributed by atoms with Gasteiger partial charge in [0.25, 0.3) is 6.43 Å². The molecule has 0 amide bonds. The van der Waals surface area contributed by atoms with E-state index in [1.54, 1.807) is 24.3 Å². The Bertz CT molecular complexity index is 743. The van der Waals surface area contributed by atoms with E-state index >= 15 is 0 Å². The first-order valence-corrected chi connectivity index (χ1v) is 5.82. The van der Waals surface area contributed by atoms with Gasteiger partial charge in [-0.3, -0.25) is 4.57 Å². The first-order valence-electron chi connectivity index (χ1n) is 5.82. The lowest BCUT2D eigenvalue weighted by Gasteiger charge is -2.07. The Morgan fingerprint density at radius 3 is 2.75 bits per heavy atom. The quantitative estimate of drug-likeness (QED) is 0.738. The predicted octanol–water partition coefficient (Wildman–Crippen LogP) is 2.76. The largest absolute Gasteiger partial charge is 0.494 e. The number of ether oxygens (including phenoxy) is 1. The zero-order chi connectivity index (χ0) is 14.1. The number of methoxy groups -OCH3 is 1. The molecule has 2 heterocycles. The van der Waals surface area contributed by atoms with Crippen LogP contribution in [0.5, 0.6) is 5.75 Å². The number of fused-ring (bicyclic) bond motifs is 1. The maximum absolute atomic E-state index is 13.2. The summed E-state index contributed by atoms with van der Waals surface area (Å²) in [5, 5.41) is 0. The van der Waals surface area contributed by atoms with Gasteiger partial charge in [-0.1, -0.05) is 6.07 Å². The summed E-state index contributed by atoms with van der Waals surface area (Å²) in [5.41, 5.74) is 0.891. The van der Waals surface area contributed by atoms with Crippen molar-refractivity contribution in [1.29, 1.82) is 0 Å². The van der Waals surface area contributed by atoms with Crippen LogP contribution < -0.4 is 4.74 Å². The fourth-order valence-corrected chi connectivity index (χ4v) is 2.06. The third kappa shape index (κ3) is 1.87. The molecule has 0 N–H and O–H groups in total. The lowest BCUT2D eigenvalue weighted by atomic mass is 10.3. The van der Waals surface area contributed by atoms with Crippen molar-refractivity contribution >= 4 is 11.0 Å². The second-order valence-electron chi connectivity index (χ2n) is 4.00. The van der Waals surface area contributed by atoms with E-state index in [9.17, 15) is 8.78 Å². The summed E-state index contributed by atoms with van der Waals surface area (Å²) in [4.78, 5) is 11.8. The molecular weight excluding hydrogens is 266 g/mol. The van der Waals surface area contributed by atoms with Crippen LogP contribution in [-0.2, 0) is 0 Å². The number of rotatable bonds is 3. The Balaban J connectivity index is 2.37. The number of alkyl halides is 2. The second-order valence-corrected chi connectivity index (χ2v) is 4.00. The van der Waals surface area contributed by atoms with Gasteiger partial charge >= 0.3 is 0 Å². The van der Waals surface area contributed by atoms with Gasteiger partial charge in [0.2, 0.25) is 0 Å². The summed E-state index contributed by atoms with van der Waals surface area (Å²) in [6, 6.07) is 6.63. The predicted molar refractivity (Wildman–Crippen MR) is 68.2 cm³/mol. The van der Waals surface area contributed by atoms with Gasteiger partial charge in [-0.05, 0) is 18.2 Å². The summed E-state index contributed by atoms with van der Waals surface area (Å²) >= 11 is 0. The molecule has 1 aromatic carbocycles. The van der Waals surface area contributed by atoms with Gasteiger partial charge in [0, 0.05) is 6.20 Å². The molecular formula is C13H10F2N4O. The number of benzene rings is 1. The topological polar surface area (TPSA) is 52.8 Å². The molecule has 0 saturated carbocycles. The van der Waals surface area contributed by atoms with Crippen LogP contribution in [0.4, 0.5) is 8.78 Å². The van der Waals surface area contributed by atoms with E-state index < -0.39 is 6.43 Å². The molecule has 20 heavy (non-hydrogen) atoms. The molecule has 3 rings (SSSR count). The number of halogens is 2. The van der Waals surface area contributed by atoms with Gasteiger partial charge in [-0.15, -0.1) is 0 Å². The molecule has 102 valence electrons. The second kappa shape index (κ2) is 4.84. The monoisotopic (exact) mass is 276 g/mol. The molecule has 0 fully saturated rings. The number of nitrogens with zero attached hydrogens (tertiary/aromatic N) is 4. The summed E-state index contributed by atoms with van der Waals surface area (Å²) in [6.45, 7) is 0. The van der Waals surface area contributed by atoms with Crippen LogP contribution in [0.15, 0.2) is 36.8 Å². The molecule has 0 bridgehead atoms. The Hall–Kier alpha value is -2.57. The van der Waals surface area contributed by atoms with Crippen molar-refractivity contribution in [3.63, 3.8) is 0 Å². The van der Waals surface area contributed by atoms with Crippen LogP contribution in [0.3, 0.4) is 0 Å². The fourth-order valence-electron chi connectivity index (χ4n) is 2.06. The molecule has 0 atom stereocenters. The van der Waals surface area contributed by atoms with Gasteiger partial charge in [0.05, 0.1) is 12.6 Å². The SMILES string of the molecule is COc1cccc2c1nc(C(F)F)n2-c1ccncn1. The minimum Gasteiger partial charge on any atom is -0.494 e. The molecule has 0 unspecified atom stereocenters. The third-order valence-corrected chi connectivity index (χ3v) is 2.88.